The minimum Gasteiger partial charge on any atom is -0.311 e. The highest BCUT2D eigenvalue weighted by Gasteiger charge is 2.11. The molecule has 0 aliphatic heterocycles. The molecule has 3 nitrogen and oxygen atoms in total. The Hall–Kier alpha value is -0.480. The molecule has 0 saturated heterocycles. The van der Waals surface area contributed by atoms with Crippen molar-refractivity contribution in [2.75, 3.05) is 7.05 Å². The second kappa shape index (κ2) is 5.41. The molecule has 80 valence electrons. The van der Waals surface area contributed by atoms with Crippen molar-refractivity contribution in [2.24, 2.45) is 5.92 Å². The van der Waals surface area contributed by atoms with Crippen molar-refractivity contribution in [2.45, 2.75) is 39.7 Å². The maximum absolute atomic E-state index is 4.20. The van der Waals surface area contributed by atoms with E-state index in [1.165, 1.54) is 6.42 Å². The van der Waals surface area contributed by atoms with Crippen molar-refractivity contribution in [3.8, 4) is 0 Å². The molecule has 0 aliphatic rings. The molecule has 0 aliphatic carbocycles. The Balaban J connectivity index is 2.59. The van der Waals surface area contributed by atoms with Crippen molar-refractivity contribution in [1.82, 2.24) is 15.5 Å². The van der Waals surface area contributed by atoms with E-state index in [9.17, 15) is 0 Å². The van der Waals surface area contributed by atoms with E-state index in [-0.39, 0.29) is 0 Å². The maximum Gasteiger partial charge on any atom is 0.134 e. The average Bonchev–Trinajstić information content (AvgIpc) is 2.65. The molecule has 1 aromatic rings. The third-order valence-electron chi connectivity index (χ3n) is 2.51. The normalized spacial score (nSPS) is 15.4. The second-order valence-electron chi connectivity index (χ2n) is 3.76. The van der Waals surface area contributed by atoms with Gasteiger partial charge >= 0.3 is 0 Å². The highest BCUT2D eigenvalue weighted by atomic mass is 32.1. The molecule has 1 heterocycles. The predicted molar refractivity (Wildman–Crippen MR) is 60.5 cm³/mol. The van der Waals surface area contributed by atoms with Crippen molar-refractivity contribution >= 4 is 11.3 Å². The topological polar surface area (TPSA) is 37.8 Å². The van der Waals surface area contributed by atoms with Crippen LogP contribution in [-0.2, 0) is 6.42 Å². The molecule has 2 atom stereocenters. The lowest BCUT2D eigenvalue weighted by atomic mass is 10.1. The molecule has 0 radical (unpaired) electrons. The van der Waals surface area contributed by atoms with E-state index in [0.717, 1.165) is 16.4 Å². The number of hydrogen-bond donors (Lipinski definition) is 1. The second-order valence-corrected chi connectivity index (χ2v) is 4.86. The zero-order chi connectivity index (χ0) is 10.6. The molecule has 0 fully saturated rings. The zero-order valence-corrected chi connectivity index (χ0v) is 10.2. The highest BCUT2D eigenvalue weighted by Crippen LogP contribution is 2.20. The van der Waals surface area contributed by atoms with Gasteiger partial charge in [-0.15, -0.1) is 10.2 Å². The maximum atomic E-state index is 4.20. The van der Waals surface area contributed by atoms with Crippen molar-refractivity contribution < 1.29 is 0 Å². The minimum atomic E-state index is 0.318. The first-order valence-corrected chi connectivity index (χ1v) is 5.98. The van der Waals surface area contributed by atoms with Crippen molar-refractivity contribution in [1.29, 1.82) is 0 Å². The third-order valence-corrected chi connectivity index (χ3v) is 3.63. The van der Waals surface area contributed by atoms with E-state index >= 15 is 0 Å². The fourth-order valence-electron chi connectivity index (χ4n) is 1.09. The minimum absolute atomic E-state index is 0.318. The van der Waals surface area contributed by atoms with Crippen LogP contribution in [0.5, 0.6) is 0 Å². The average molecular weight is 213 g/mol. The Labute approximate surface area is 89.9 Å². The molecule has 0 amide bonds. The Morgan fingerprint density at radius 1 is 1.36 bits per heavy atom. The Morgan fingerprint density at radius 3 is 2.64 bits per heavy atom. The van der Waals surface area contributed by atoms with Gasteiger partial charge in [-0.05, 0) is 19.9 Å². The van der Waals surface area contributed by atoms with Gasteiger partial charge in [-0.25, -0.2) is 0 Å². The third kappa shape index (κ3) is 3.03. The fraction of sp³-hybridized carbons (Fsp3) is 0.800. The lowest BCUT2D eigenvalue weighted by molar-refractivity contribution is 0.555. The number of rotatable bonds is 5. The molecule has 14 heavy (non-hydrogen) atoms. The first-order chi connectivity index (χ1) is 6.67. The Bertz CT molecular complexity index is 272. The molecule has 1 rings (SSSR count). The van der Waals surface area contributed by atoms with Gasteiger partial charge in [0.15, 0.2) is 0 Å². The summed E-state index contributed by atoms with van der Waals surface area (Å²) in [5, 5.41) is 13.8. The van der Waals surface area contributed by atoms with Gasteiger partial charge in [0.25, 0.3) is 0 Å². The Kier molecular flexibility index (Phi) is 4.48. The monoisotopic (exact) mass is 213 g/mol. The lowest BCUT2D eigenvalue weighted by Gasteiger charge is -2.04. The summed E-state index contributed by atoms with van der Waals surface area (Å²) in [5.74, 6) is 0.709. The van der Waals surface area contributed by atoms with Crippen LogP contribution in [0.25, 0.3) is 0 Å². The Morgan fingerprint density at radius 2 is 2.07 bits per heavy atom. The van der Waals surface area contributed by atoms with E-state index in [4.69, 9.17) is 0 Å². The summed E-state index contributed by atoms with van der Waals surface area (Å²) in [6.07, 6.45) is 2.26. The summed E-state index contributed by atoms with van der Waals surface area (Å²) in [4.78, 5) is 0. The van der Waals surface area contributed by atoms with Gasteiger partial charge in [-0.3, -0.25) is 0 Å². The smallest absolute Gasteiger partial charge is 0.134 e. The first kappa shape index (κ1) is 11.6. The number of aromatic nitrogens is 2. The summed E-state index contributed by atoms with van der Waals surface area (Å²) in [5.41, 5.74) is 0. The van der Waals surface area contributed by atoms with Gasteiger partial charge in [0.2, 0.25) is 0 Å². The molecule has 0 aromatic carbocycles. The number of nitrogens with zero attached hydrogens (tertiary/aromatic N) is 2. The van der Waals surface area contributed by atoms with Crippen LogP contribution in [0.1, 0.15) is 43.2 Å². The molecule has 0 bridgehead atoms. The van der Waals surface area contributed by atoms with Crippen LogP contribution in [0, 0.1) is 5.92 Å². The SMILES string of the molecule is CCC(C)Cc1nnc(C(C)NC)s1. The molecular formula is C10H19N3S. The summed E-state index contributed by atoms with van der Waals surface area (Å²) < 4.78 is 0. The first-order valence-electron chi connectivity index (χ1n) is 5.16. The lowest BCUT2D eigenvalue weighted by Crippen LogP contribution is -2.11. The predicted octanol–water partition coefficient (Wildman–Crippen LogP) is 2.41. The van der Waals surface area contributed by atoms with Crippen LogP contribution in [0.2, 0.25) is 0 Å². The summed E-state index contributed by atoms with van der Waals surface area (Å²) in [6, 6.07) is 0.318. The van der Waals surface area contributed by atoms with E-state index in [1.54, 1.807) is 11.3 Å². The van der Waals surface area contributed by atoms with Crippen LogP contribution < -0.4 is 5.32 Å². The zero-order valence-electron chi connectivity index (χ0n) is 9.37. The van der Waals surface area contributed by atoms with Crippen LogP contribution in [0.15, 0.2) is 0 Å². The van der Waals surface area contributed by atoms with Gasteiger partial charge in [-0.1, -0.05) is 31.6 Å². The van der Waals surface area contributed by atoms with Crippen LogP contribution >= 0.6 is 11.3 Å². The highest BCUT2D eigenvalue weighted by molar-refractivity contribution is 7.11. The standard InChI is InChI=1S/C10H19N3S/c1-5-7(2)6-9-12-13-10(14-9)8(3)11-4/h7-8,11H,5-6H2,1-4H3. The van der Waals surface area contributed by atoms with Crippen LogP contribution in [0.3, 0.4) is 0 Å². The molecule has 1 aromatic heterocycles. The van der Waals surface area contributed by atoms with Gasteiger partial charge in [0, 0.05) is 6.42 Å². The van der Waals surface area contributed by atoms with Crippen molar-refractivity contribution in [3.63, 3.8) is 0 Å². The van der Waals surface area contributed by atoms with Gasteiger partial charge < -0.3 is 5.32 Å². The summed E-state index contributed by atoms with van der Waals surface area (Å²) in [7, 11) is 1.94. The quantitative estimate of drug-likeness (QED) is 0.816. The van der Waals surface area contributed by atoms with Gasteiger partial charge in [-0.2, -0.15) is 0 Å². The van der Waals surface area contributed by atoms with Gasteiger partial charge in [0.1, 0.15) is 10.0 Å². The molecule has 2 unspecified atom stereocenters. The van der Waals surface area contributed by atoms with E-state index in [2.05, 4.69) is 36.3 Å². The molecule has 4 heteroatoms. The van der Waals surface area contributed by atoms with Crippen LogP contribution in [-0.4, -0.2) is 17.2 Å². The number of nitrogens with one attached hydrogen (secondary N) is 1. The number of hydrogen-bond acceptors (Lipinski definition) is 4. The van der Waals surface area contributed by atoms with E-state index < -0.39 is 0 Å². The summed E-state index contributed by atoms with van der Waals surface area (Å²) in [6.45, 7) is 6.57. The van der Waals surface area contributed by atoms with Gasteiger partial charge in [0.05, 0.1) is 6.04 Å². The summed E-state index contributed by atoms with van der Waals surface area (Å²) >= 11 is 1.72. The largest absolute Gasteiger partial charge is 0.311 e. The van der Waals surface area contributed by atoms with Crippen molar-refractivity contribution in [3.05, 3.63) is 10.0 Å². The van der Waals surface area contributed by atoms with Crippen LogP contribution in [0.4, 0.5) is 0 Å². The fourth-order valence-corrected chi connectivity index (χ4v) is 2.16. The van der Waals surface area contributed by atoms with E-state index in [1.807, 2.05) is 7.05 Å². The molecular weight excluding hydrogens is 194 g/mol. The van der Waals surface area contributed by atoms with E-state index in [0.29, 0.717) is 12.0 Å². The molecule has 0 saturated carbocycles. The molecule has 0 spiro atoms. The molecule has 1 N–H and O–H groups in total.